The monoisotopic (exact) mass is 396 g/mol. The second-order valence-electron chi connectivity index (χ2n) is 5.18. The van der Waals surface area contributed by atoms with Crippen molar-refractivity contribution < 1.29 is 31.5 Å². The van der Waals surface area contributed by atoms with Crippen molar-refractivity contribution in [3.05, 3.63) is 45.7 Å². The number of hydrogen-bond donors (Lipinski definition) is 3. The molecule has 0 bridgehead atoms. The zero-order valence-electron chi connectivity index (χ0n) is 12.8. The topological polar surface area (TPSA) is 99.3 Å². The molecule has 0 atom stereocenters. The molecule has 0 aliphatic heterocycles. The first-order valence-electron chi connectivity index (χ1n) is 6.66. The van der Waals surface area contributed by atoms with Gasteiger partial charge >= 0.3 is 12.1 Å². The Bertz CT molecular complexity index is 952. The van der Waals surface area contributed by atoms with Gasteiger partial charge in [-0.3, -0.25) is 4.72 Å². The van der Waals surface area contributed by atoms with E-state index < -0.39 is 48.9 Å². The Morgan fingerprint density at radius 1 is 1.24 bits per heavy atom. The number of benzene rings is 1. The minimum Gasteiger partial charge on any atom is -0.478 e. The molecule has 3 N–H and O–H groups in total. The van der Waals surface area contributed by atoms with Crippen LogP contribution in [0.2, 0.25) is 5.02 Å². The molecule has 2 aromatic rings. The standard InChI is InChI=1S/C14H12ClF3N2O4S/c1-6-11(13(21)22)12(7(2)19-6)25(23,24)20-8-3-4-10(15)9(5-8)14(16,17)18/h3-5,19-20H,1-2H3,(H,21,22). The quantitative estimate of drug-likeness (QED) is 0.731. The predicted molar refractivity (Wildman–Crippen MR) is 84.5 cm³/mol. The fourth-order valence-corrected chi connectivity index (χ4v) is 4.09. The molecular weight excluding hydrogens is 385 g/mol. The number of carboxylic acid groups (broad SMARTS) is 1. The molecule has 0 saturated carbocycles. The first kappa shape index (κ1) is 19.1. The van der Waals surface area contributed by atoms with E-state index in [1.807, 2.05) is 4.72 Å². The van der Waals surface area contributed by atoms with Crippen molar-refractivity contribution in [1.29, 1.82) is 0 Å². The molecule has 136 valence electrons. The van der Waals surface area contributed by atoms with Crippen molar-refractivity contribution in [2.75, 3.05) is 4.72 Å². The normalized spacial score (nSPS) is 12.2. The van der Waals surface area contributed by atoms with E-state index in [0.29, 0.717) is 6.07 Å². The molecule has 1 aromatic carbocycles. The van der Waals surface area contributed by atoms with Gasteiger partial charge in [0.15, 0.2) is 0 Å². The number of carbonyl (C=O) groups is 1. The van der Waals surface area contributed by atoms with Crippen LogP contribution in [0.5, 0.6) is 0 Å². The third-order valence-electron chi connectivity index (χ3n) is 3.32. The molecule has 0 amide bonds. The maximum absolute atomic E-state index is 12.9. The Morgan fingerprint density at radius 3 is 2.36 bits per heavy atom. The van der Waals surface area contributed by atoms with Crippen LogP contribution in [0, 0.1) is 13.8 Å². The minimum absolute atomic E-state index is 0.0485. The Kier molecular flexibility index (Phi) is 4.79. The summed E-state index contributed by atoms with van der Waals surface area (Å²) < 4.78 is 65.6. The number of rotatable bonds is 4. The average Bonchev–Trinajstić information content (AvgIpc) is 2.75. The minimum atomic E-state index is -4.77. The second kappa shape index (κ2) is 6.26. The highest BCUT2D eigenvalue weighted by Gasteiger charge is 2.34. The largest absolute Gasteiger partial charge is 0.478 e. The summed E-state index contributed by atoms with van der Waals surface area (Å²) in [4.78, 5) is 13.4. The molecule has 1 aromatic heterocycles. The molecule has 0 fully saturated rings. The van der Waals surface area contributed by atoms with Gasteiger partial charge in [-0.2, -0.15) is 13.2 Å². The summed E-state index contributed by atoms with van der Waals surface area (Å²) in [5, 5.41) is 8.61. The molecule has 0 spiro atoms. The van der Waals surface area contributed by atoms with Crippen LogP contribution in [-0.4, -0.2) is 24.5 Å². The highest BCUT2D eigenvalue weighted by molar-refractivity contribution is 7.92. The fraction of sp³-hybridized carbons (Fsp3) is 0.214. The van der Waals surface area contributed by atoms with E-state index in [1.165, 1.54) is 13.8 Å². The van der Waals surface area contributed by atoms with E-state index in [9.17, 15) is 31.5 Å². The number of aryl methyl sites for hydroxylation is 2. The number of halogens is 4. The smallest absolute Gasteiger partial charge is 0.417 e. The van der Waals surface area contributed by atoms with Gasteiger partial charge in [-0.25, -0.2) is 13.2 Å². The molecule has 6 nitrogen and oxygen atoms in total. The van der Waals surface area contributed by atoms with Crippen molar-refractivity contribution in [2.45, 2.75) is 24.9 Å². The highest BCUT2D eigenvalue weighted by atomic mass is 35.5. The zero-order chi connectivity index (χ0) is 19.2. The summed E-state index contributed by atoms with van der Waals surface area (Å²) in [5.74, 6) is -1.48. The average molecular weight is 397 g/mol. The zero-order valence-corrected chi connectivity index (χ0v) is 14.4. The van der Waals surface area contributed by atoms with Crippen LogP contribution in [0.15, 0.2) is 23.1 Å². The molecular formula is C14H12ClF3N2O4S. The predicted octanol–water partition coefficient (Wildman–Crippen LogP) is 3.80. The molecule has 2 rings (SSSR count). The van der Waals surface area contributed by atoms with Crippen molar-refractivity contribution in [2.24, 2.45) is 0 Å². The lowest BCUT2D eigenvalue weighted by molar-refractivity contribution is -0.137. The molecule has 11 heteroatoms. The number of aromatic carboxylic acids is 1. The van der Waals surface area contributed by atoms with Gasteiger partial charge in [0, 0.05) is 17.1 Å². The molecule has 0 radical (unpaired) electrons. The maximum atomic E-state index is 12.9. The lowest BCUT2D eigenvalue weighted by Crippen LogP contribution is -2.17. The number of hydrogen-bond acceptors (Lipinski definition) is 3. The summed E-state index contributed by atoms with van der Waals surface area (Å²) in [6.07, 6.45) is -4.77. The lowest BCUT2D eigenvalue weighted by atomic mass is 10.2. The van der Waals surface area contributed by atoms with Crippen molar-refractivity contribution >= 4 is 33.3 Å². The van der Waals surface area contributed by atoms with E-state index in [2.05, 4.69) is 4.98 Å². The molecule has 0 unspecified atom stereocenters. The summed E-state index contributed by atoms with van der Waals surface area (Å²) in [5.41, 5.74) is -1.93. The van der Waals surface area contributed by atoms with Gasteiger partial charge in [0.05, 0.1) is 10.6 Å². The molecule has 0 saturated heterocycles. The van der Waals surface area contributed by atoms with Gasteiger partial charge in [-0.1, -0.05) is 11.6 Å². The van der Waals surface area contributed by atoms with Gasteiger partial charge in [0.25, 0.3) is 10.0 Å². The molecule has 25 heavy (non-hydrogen) atoms. The number of aromatic amines is 1. The van der Waals surface area contributed by atoms with E-state index in [1.54, 1.807) is 0 Å². The van der Waals surface area contributed by atoms with Gasteiger partial charge in [-0.05, 0) is 32.0 Å². The van der Waals surface area contributed by atoms with Crippen LogP contribution in [0.25, 0.3) is 0 Å². The van der Waals surface area contributed by atoms with Crippen LogP contribution in [-0.2, 0) is 16.2 Å². The van der Waals surface area contributed by atoms with Gasteiger partial charge in [-0.15, -0.1) is 0 Å². The van der Waals surface area contributed by atoms with Crippen molar-refractivity contribution in [1.82, 2.24) is 4.98 Å². The van der Waals surface area contributed by atoms with Crippen LogP contribution in [0.4, 0.5) is 18.9 Å². The second-order valence-corrected chi connectivity index (χ2v) is 7.21. The van der Waals surface area contributed by atoms with E-state index in [4.69, 9.17) is 11.6 Å². The highest BCUT2D eigenvalue weighted by Crippen LogP contribution is 2.37. The van der Waals surface area contributed by atoms with E-state index in [0.717, 1.165) is 12.1 Å². The number of sulfonamides is 1. The van der Waals surface area contributed by atoms with Gasteiger partial charge in [0.2, 0.25) is 0 Å². The lowest BCUT2D eigenvalue weighted by Gasteiger charge is -2.13. The van der Waals surface area contributed by atoms with Crippen molar-refractivity contribution in [3.8, 4) is 0 Å². The third-order valence-corrected chi connectivity index (χ3v) is 5.21. The molecule has 0 aliphatic carbocycles. The Balaban J connectivity index is 2.53. The van der Waals surface area contributed by atoms with Crippen LogP contribution in [0.3, 0.4) is 0 Å². The number of anilines is 1. The van der Waals surface area contributed by atoms with Crippen LogP contribution in [0.1, 0.15) is 27.3 Å². The SMILES string of the molecule is Cc1[nH]c(C)c(S(=O)(=O)Nc2ccc(Cl)c(C(F)(F)F)c2)c1C(=O)O. The summed E-state index contributed by atoms with van der Waals surface area (Å²) in [6, 6.07) is 2.48. The summed E-state index contributed by atoms with van der Waals surface area (Å²) in [6.45, 7) is 2.72. The molecule has 1 heterocycles. The number of carboxylic acids is 1. The number of nitrogens with one attached hydrogen (secondary N) is 2. The fourth-order valence-electron chi connectivity index (χ4n) is 2.36. The third kappa shape index (κ3) is 3.74. The number of aromatic nitrogens is 1. The van der Waals surface area contributed by atoms with Crippen LogP contribution >= 0.6 is 11.6 Å². The van der Waals surface area contributed by atoms with Crippen LogP contribution < -0.4 is 4.72 Å². The maximum Gasteiger partial charge on any atom is 0.417 e. The Morgan fingerprint density at radius 2 is 1.84 bits per heavy atom. The van der Waals surface area contributed by atoms with Gasteiger partial charge in [0.1, 0.15) is 10.5 Å². The van der Waals surface area contributed by atoms with E-state index >= 15 is 0 Å². The first-order chi connectivity index (χ1) is 11.3. The Hall–Kier alpha value is -2.20. The number of alkyl halides is 3. The summed E-state index contributed by atoms with van der Waals surface area (Å²) in [7, 11) is -4.45. The molecule has 0 aliphatic rings. The Labute approximate surface area is 145 Å². The first-order valence-corrected chi connectivity index (χ1v) is 8.52. The van der Waals surface area contributed by atoms with Gasteiger partial charge < -0.3 is 10.1 Å². The van der Waals surface area contributed by atoms with Crippen molar-refractivity contribution in [3.63, 3.8) is 0 Å². The summed E-state index contributed by atoms with van der Waals surface area (Å²) >= 11 is 5.48. The number of H-pyrrole nitrogens is 1. The van der Waals surface area contributed by atoms with E-state index in [-0.39, 0.29) is 11.4 Å².